The van der Waals surface area contributed by atoms with Gasteiger partial charge in [0, 0.05) is 12.6 Å². The topological polar surface area (TPSA) is 41.6 Å². The van der Waals surface area contributed by atoms with Crippen LogP contribution in [0.5, 0.6) is 0 Å². The maximum absolute atomic E-state index is 12.4. The van der Waals surface area contributed by atoms with Crippen molar-refractivity contribution in [2.75, 3.05) is 26.2 Å². The van der Waals surface area contributed by atoms with Crippen LogP contribution in [0.2, 0.25) is 0 Å². The van der Waals surface area contributed by atoms with E-state index in [1.54, 1.807) is 0 Å². The Balaban J connectivity index is 2.74. The van der Waals surface area contributed by atoms with E-state index in [4.69, 9.17) is 4.74 Å². The van der Waals surface area contributed by atoms with E-state index < -0.39 is 5.54 Å². The van der Waals surface area contributed by atoms with Gasteiger partial charge >= 0.3 is 5.97 Å². The number of hydrogen-bond donors (Lipinski definition) is 1. The maximum atomic E-state index is 12.4. The van der Waals surface area contributed by atoms with Crippen molar-refractivity contribution in [1.29, 1.82) is 0 Å². The molecule has 0 aromatic rings. The van der Waals surface area contributed by atoms with E-state index in [-0.39, 0.29) is 5.97 Å². The number of carbonyl (C=O) groups is 1. The average molecular weight is 298 g/mol. The summed E-state index contributed by atoms with van der Waals surface area (Å²) in [5.41, 5.74) is -0.460. The molecule has 0 radical (unpaired) electrons. The van der Waals surface area contributed by atoms with Crippen LogP contribution in [0.25, 0.3) is 0 Å². The highest BCUT2D eigenvalue weighted by molar-refractivity contribution is 5.81. The molecular weight excluding hydrogens is 264 g/mol. The summed E-state index contributed by atoms with van der Waals surface area (Å²) in [6.45, 7) is 14.2. The Hall–Kier alpha value is -0.610. The number of esters is 1. The molecule has 0 aromatic heterocycles. The summed E-state index contributed by atoms with van der Waals surface area (Å²) < 4.78 is 5.33. The summed E-state index contributed by atoms with van der Waals surface area (Å²) >= 11 is 0. The minimum Gasteiger partial charge on any atom is -0.465 e. The number of likely N-dealkylation sites (N-methyl/N-ethyl adjacent to an activating group) is 1. The first-order valence-electron chi connectivity index (χ1n) is 8.69. The van der Waals surface area contributed by atoms with Gasteiger partial charge in [-0.1, -0.05) is 34.1 Å². The fourth-order valence-electron chi connectivity index (χ4n) is 3.42. The number of rotatable bonds is 9. The Morgan fingerprint density at radius 1 is 1.38 bits per heavy atom. The molecule has 1 N–H and O–H groups in total. The SMILES string of the molecule is CCNC1(C(=O)OCC)CCC(N(CC)CC(C)CC)C1. The van der Waals surface area contributed by atoms with Crippen LogP contribution in [0.15, 0.2) is 0 Å². The van der Waals surface area contributed by atoms with Crippen molar-refractivity contribution >= 4 is 5.97 Å². The van der Waals surface area contributed by atoms with Crippen molar-refractivity contribution in [2.24, 2.45) is 5.92 Å². The summed E-state index contributed by atoms with van der Waals surface area (Å²) in [6.07, 6.45) is 4.06. The summed E-state index contributed by atoms with van der Waals surface area (Å²) in [5.74, 6) is 0.649. The minimum absolute atomic E-state index is 0.0612. The van der Waals surface area contributed by atoms with Crippen molar-refractivity contribution in [3.63, 3.8) is 0 Å². The Morgan fingerprint density at radius 3 is 2.62 bits per heavy atom. The standard InChI is InChI=1S/C17H34N2O2/c1-6-14(5)13-19(8-3)15-10-11-17(12-15,18-7-2)16(20)21-9-4/h14-15,18H,6-13H2,1-5H3. The molecule has 0 bridgehead atoms. The maximum Gasteiger partial charge on any atom is 0.326 e. The second-order valence-electron chi connectivity index (χ2n) is 6.33. The largest absolute Gasteiger partial charge is 0.465 e. The molecular formula is C17H34N2O2. The van der Waals surface area contributed by atoms with Gasteiger partial charge in [-0.25, -0.2) is 0 Å². The van der Waals surface area contributed by atoms with Crippen LogP contribution < -0.4 is 5.32 Å². The molecule has 1 aliphatic carbocycles. The van der Waals surface area contributed by atoms with Crippen LogP contribution in [-0.2, 0) is 9.53 Å². The van der Waals surface area contributed by atoms with Crippen molar-refractivity contribution in [3.8, 4) is 0 Å². The van der Waals surface area contributed by atoms with E-state index in [0.717, 1.165) is 38.9 Å². The van der Waals surface area contributed by atoms with Crippen LogP contribution in [0.3, 0.4) is 0 Å². The Labute approximate surface area is 130 Å². The summed E-state index contributed by atoms with van der Waals surface area (Å²) in [6, 6.07) is 0.493. The van der Waals surface area contributed by atoms with Gasteiger partial charge < -0.3 is 15.0 Å². The van der Waals surface area contributed by atoms with Crippen molar-refractivity contribution in [1.82, 2.24) is 10.2 Å². The van der Waals surface area contributed by atoms with Gasteiger partial charge in [-0.15, -0.1) is 0 Å². The Morgan fingerprint density at radius 2 is 2.10 bits per heavy atom. The second-order valence-corrected chi connectivity index (χ2v) is 6.33. The first kappa shape index (κ1) is 18.4. The lowest BCUT2D eigenvalue weighted by Gasteiger charge is -2.32. The van der Waals surface area contributed by atoms with E-state index in [1.165, 1.54) is 6.42 Å². The quantitative estimate of drug-likeness (QED) is 0.665. The molecule has 4 heteroatoms. The smallest absolute Gasteiger partial charge is 0.326 e. The molecule has 1 fully saturated rings. The van der Waals surface area contributed by atoms with Gasteiger partial charge in [0.2, 0.25) is 0 Å². The predicted octanol–water partition coefficient (Wildman–Crippen LogP) is 2.82. The lowest BCUT2D eigenvalue weighted by Crippen LogP contribution is -2.52. The van der Waals surface area contributed by atoms with Gasteiger partial charge in [0.25, 0.3) is 0 Å². The second kappa shape index (κ2) is 8.74. The number of nitrogens with one attached hydrogen (secondary N) is 1. The lowest BCUT2D eigenvalue weighted by atomic mass is 9.96. The van der Waals surface area contributed by atoms with Crippen LogP contribution in [0.1, 0.15) is 60.3 Å². The number of ether oxygens (including phenoxy) is 1. The fraction of sp³-hybridized carbons (Fsp3) is 0.941. The van der Waals surface area contributed by atoms with Crippen molar-refractivity contribution < 1.29 is 9.53 Å². The first-order valence-corrected chi connectivity index (χ1v) is 8.69. The normalized spacial score (nSPS) is 27.0. The molecule has 0 spiro atoms. The van der Waals surface area contributed by atoms with Crippen LogP contribution in [-0.4, -0.2) is 48.7 Å². The number of carbonyl (C=O) groups excluding carboxylic acids is 1. The average Bonchev–Trinajstić information content (AvgIpc) is 2.90. The molecule has 0 amide bonds. The van der Waals surface area contributed by atoms with Gasteiger partial charge in [0.15, 0.2) is 0 Å². The molecule has 21 heavy (non-hydrogen) atoms. The number of hydrogen-bond acceptors (Lipinski definition) is 4. The third-order valence-corrected chi connectivity index (χ3v) is 4.84. The molecule has 1 rings (SSSR count). The highest BCUT2D eigenvalue weighted by atomic mass is 16.5. The highest BCUT2D eigenvalue weighted by Gasteiger charge is 2.47. The number of nitrogens with zero attached hydrogens (tertiary/aromatic N) is 1. The molecule has 0 aromatic carbocycles. The zero-order valence-corrected chi connectivity index (χ0v) is 14.6. The Bertz CT molecular complexity index is 322. The minimum atomic E-state index is -0.460. The molecule has 124 valence electrons. The van der Waals surface area contributed by atoms with Gasteiger partial charge in [0.1, 0.15) is 5.54 Å². The summed E-state index contributed by atoms with van der Waals surface area (Å²) in [4.78, 5) is 14.9. The molecule has 3 unspecified atom stereocenters. The van der Waals surface area contributed by atoms with Gasteiger partial charge in [-0.2, -0.15) is 0 Å². The van der Waals surface area contributed by atoms with Crippen molar-refractivity contribution in [3.05, 3.63) is 0 Å². The summed E-state index contributed by atoms with van der Waals surface area (Å²) in [7, 11) is 0. The molecule has 1 saturated carbocycles. The van der Waals surface area contributed by atoms with Gasteiger partial charge in [0.05, 0.1) is 6.61 Å². The zero-order chi connectivity index (χ0) is 15.9. The monoisotopic (exact) mass is 298 g/mol. The van der Waals surface area contributed by atoms with Crippen molar-refractivity contribution in [2.45, 2.75) is 71.9 Å². The lowest BCUT2D eigenvalue weighted by molar-refractivity contribution is -0.151. The molecule has 0 aliphatic heterocycles. The van der Waals surface area contributed by atoms with E-state index in [9.17, 15) is 4.79 Å². The van der Waals surface area contributed by atoms with E-state index in [0.29, 0.717) is 18.6 Å². The zero-order valence-electron chi connectivity index (χ0n) is 14.6. The van der Waals surface area contributed by atoms with E-state index in [2.05, 4.69) is 37.9 Å². The van der Waals surface area contributed by atoms with Gasteiger partial charge in [-0.3, -0.25) is 4.79 Å². The molecule has 4 nitrogen and oxygen atoms in total. The molecule has 0 saturated heterocycles. The van der Waals surface area contributed by atoms with Crippen LogP contribution in [0, 0.1) is 5.92 Å². The third kappa shape index (κ3) is 4.68. The Kier molecular flexibility index (Phi) is 7.67. The van der Waals surface area contributed by atoms with Crippen LogP contribution in [0.4, 0.5) is 0 Å². The molecule has 0 heterocycles. The van der Waals surface area contributed by atoms with E-state index >= 15 is 0 Å². The highest BCUT2D eigenvalue weighted by Crippen LogP contribution is 2.34. The molecule has 3 atom stereocenters. The van der Waals surface area contributed by atoms with Gasteiger partial charge in [-0.05, 0) is 45.2 Å². The predicted molar refractivity (Wildman–Crippen MR) is 87.4 cm³/mol. The first-order chi connectivity index (χ1) is 10.0. The fourth-order valence-corrected chi connectivity index (χ4v) is 3.42. The third-order valence-electron chi connectivity index (χ3n) is 4.84. The van der Waals surface area contributed by atoms with Crippen LogP contribution >= 0.6 is 0 Å². The summed E-state index contributed by atoms with van der Waals surface area (Å²) in [5, 5.41) is 3.42. The van der Waals surface area contributed by atoms with E-state index in [1.807, 2.05) is 6.92 Å². The molecule has 1 aliphatic rings.